The van der Waals surface area contributed by atoms with Gasteiger partial charge in [-0.2, -0.15) is 5.10 Å². The van der Waals surface area contributed by atoms with Crippen molar-refractivity contribution in [1.82, 2.24) is 10.7 Å². The molecule has 0 radical (unpaired) electrons. The maximum atomic E-state index is 13.3. The van der Waals surface area contributed by atoms with Crippen molar-refractivity contribution in [1.29, 1.82) is 0 Å². The van der Waals surface area contributed by atoms with Crippen molar-refractivity contribution in [3.8, 4) is 5.75 Å². The predicted molar refractivity (Wildman–Crippen MR) is 155 cm³/mol. The van der Waals surface area contributed by atoms with E-state index in [0.29, 0.717) is 16.3 Å². The zero-order valence-electron chi connectivity index (χ0n) is 21.8. The molecule has 0 aliphatic heterocycles. The molecule has 0 spiro atoms. The minimum Gasteiger partial charge on any atom is -0.484 e. The van der Waals surface area contributed by atoms with E-state index in [0.717, 1.165) is 30.0 Å². The van der Waals surface area contributed by atoms with E-state index < -0.39 is 22.5 Å². The standard InChI is InChI=1S/C29H31ClN4O5S/c30-23-13-15-25(16-14-23)34(40(37,38)27-9-5-2-6-10-27)20-28(35)33-31-19-22-11-17-26(18-12-22)39-21-29(36)32-24-7-3-1-4-8-24/h2,5-6,9-19,24H,1,3-4,7-8,20-21H2,(H,32,36)(H,33,35)/b31-19-. The van der Waals surface area contributed by atoms with E-state index in [1.807, 2.05) is 0 Å². The summed E-state index contributed by atoms with van der Waals surface area (Å²) in [5.41, 5.74) is 3.33. The number of hydrogen-bond donors (Lipinski definition) is 2. The molecule has 4 rings (SSSR count). The number of carbonyl (C=O) groups excluding carboxylic acids is 2. The van der Waals surface area contributed by atoms with Crippen molar-refractivity contribution in [3.63, 3.8) is 0 Å². The molecule has 2 N–H and O–H groups in total. The van der Waals surface area contributed by atoms with Crippen LogP contribution in [0.4, 0.5) is 5.69 Å². The zero-order chi connectivity index (χ0) is 28.4. The van der Waals surface area contributed by atoms with Crippen LogP contribution in [0.2, 0.25) is 5.02 Å². The fourth-order valence-corrected chi connectivity index (χ4v) is 5.87. The maximum absolute atomic E-state index is 13.3. The molecule has 0 saturated heterocycles. The van der Waals surface area contributed by atoms with E-state index >= 15 is 0 Å². The number of rotatable bonds is 11. The Morgan fingerprint density at radius 1 is 0.925 bits per heavy atom. The van der Waals surface area contributed by atoms with E-state index in [1.165, 1.54) is 36.9 Å². The van der Waals surface area contributed by atoms with Gasteiger partial charge in [-0.15, -0.1) is 0 Å². The van der Waals surface area contributed by atoms with Crippen molar-refractivity contribution >= 4 is 45.3 Å². The molecular formula is C29H31ClN4O5S. The Morgan fingerprint density at radius 3 is 2.27 bits per heavy atom. The second-order valence-corrected chi connectivity index (χ2v) is 11.7. The summed E-state index contributed by atoms with van der Waals surface area (Å²) >= 11 is 5.97. The molecule has 0 aromatic heterocycles. The first-order chi connectivity index (χ1) is 19.3. The largest absolute Gasteiger partial charge is 0.484 e. The maximum Gasteiger partial charge on any atom is 0.264 e. The van der Waals surface area contributed by atoms with Crippen LogP contribution in [0.15, 0.2) is 88.9 Å². The second kappa shape index (κ2) is 14.0. The van der Waals surface area contributed by atoms with Crippen molar-refractivity contribution in [2.24, 2.45) is 5.10 Å². The van der Waals surface area contributed by atoms with Crippen molar-refractivity contribution in [2.45, 2.75) is 43.0 Å². The van der Waals surface area contributed by atoms with Crippen LogP contribution in [0, 0.1) is 0 Å². The van der Waals surface area contributed by atoms with E-state index in [4.69, 9.17) is 16.3 Å². The molecule has 40 heavy (non-hydrogen) atoms. The molecule has 9 nitrogen and oxygen atoms in total. The summed E-state index contributed by atoms with van der Waals surface area (Å²) in [6.45, 7) is -0.554. The summed E-state index contributed by atoms with van der Waals surface area (Å²) in [7, 11) is -4.03. The molecule has 3 aromatic rings. The van der Waals surface area contributed by atoms with Gasteiger partial charge in [-0.3, -0.25) is 13.9 Å². The van der Waals surface area contributed by atoms with Gasteiger partial charge in [-0.25, -0.2) is 13.8 Å². The van der Waals surface area contributed by atoms with Gasteiger partial charge in [-0.1, -0.05) is 49.1 Å². The smallest absolute Gasteiger partial charge is 0.264 e. The third kappa shape index (κ3) is 8.30. The van der Waals surface area contributed by atoms with Crippen LogP contribution in [-0.2, 0) is 19.6 Å². The first kappa shape index (κ1) is 29.1. The van der Waals surface area contributed by atoms with Crippen LogP contribution in [0.5, 0.6) is 5.75 Å². The third-order valence-corrected chi connectivity index (χ3v) is 8.40. The number of nitrogens with one attached hydrogen (secondary N) is 2. The molecule has 11 heteroatoms. The monoisotopic (exact) mass is 582 g/mol. The lowest BCUT2D eigenvalue weighted by Crippen LogP contribution is -2.39. The van der Waals surface area contributed by atoms with Crippen LogP contribution < -0.4 is 19.8 Å². The number of anilines is 1. The van der Waals surface area contributed by atoms with E-state index in [1.54, 1.807) is 54.6 Å². The summed E-state index contributed by atoms with van der Waals surface area (Å²) in [6.07, 6.45) is 6.96. The Balaban J connectivity index is 1.32. The molecule has 210 valence electrons. The molecule has 3 aromatic carbocycles. The van der Waals surface area contributed by atoms with E-state index in [-0.39, 0.29) is 29.1 Å². The number of hydrogen-bond acceptors (Lipinski definition) is 6. The van der Waals surface area contributed by atoms with Crippen LogP contribution >= 0.6 is 11.6 Å². The molecule has 1 saturated carbocycles. The van der Waals surface area contributed by atoms with Crippen LogP contribution in [0.3, 0.4) is 0 Å². The second-order valence-electron chi connectivity index (χ2n) is 9.35. The van der Waals surface area contributed by atoms with Gasteiger partial charge >= 0.3 is 0 Å². The normalized spacial score (nSPS) is 14.0. The number of nitrogens with zero attached hydrogens (tertiary/aromatic N) is 2. The molecule has 1 aliphatic carbocycles. The summed E-state index contributed by atoms with van der Waals surface area (Å²) in [5.74, 6) is -0.235. The minimum atomic E-state index is -4.03. The van der Waals surface area contributed by atoms with E-state index in [2.05, 4.69) is 15.8 Å². The lowest BCUT2D eigenvalue weighted by molar-refractivity contribution is -0.124. The van der Waals surface area contributed by atoms with Gasteiger partial charge in [-0.05, 0) is 79.1 Å². The molecular weight excluding hydrogens is 552 g/mol. The molecule has 1 aliphatic rings. The van der Waals surface area contributed by atoms with Gasteiger partial charge in [0, 0.05) is 11.1 Å². The molecule has 0 heterocycles. The predicted octanol–water partition coefficient (Wildman–Crippen LogP) is 4.51. The number of ether oxygens (including phenoxy) is 1. The highest BCUT2D eigenvalue weighted by Crippen LogP contribution is 2.25. The highest BCUT2D eigenvalue weighted by atomic mass is 35.5. The fourth-order valence-electron chi connectivity index (χ4n) is 4.30. The Hall–Kier alpha value is -3.89. The zero-order valence-corrected chi connectivity index (χ0v) is 23.4. The van der Waals surface area contributed by atoms with Gasteiger partial charge in [0.05, 0.1) is 16.8 Å². The van der Waals surface area contributed by atoms with Crippen molar-refractivity contribution in [3.05, 3.63) is 89.4 Å². The Kier molecular flexibility index (Phi) is 10.2. The molecule has 0 bridgehead atoms. The van der Waals surface area contributed by atoms with Crippen LogP contribution in [0.1, 0.15) is 37.7 Å². The Morgan fingerprint density at radius 2 is 1.60 bits per heavy atom. The number of halogens is 1. The van der Waals surface area contributed by atoms with E-state index in [9.17, 15) is 18.0 Å². The lowest BCUT2D eigenvalue weighted by atomic mass is 9.95. The van der Waals surface area contributed by atoms with Crippen molar-refractivity contribution in [2.75, 3.05) is 17.5 Å². The van der Waals surface area contributed by atoms with Crippen molar-refractivity contribution < 1.29 is 22.7 Å². The first-order valence-electron chi connectivity index (χ1n) is 13.0. The quantitative estimate of drug-likeness (QED) is 0.255. The summed E-state index contributed by atoms with van der Waals surface area (Å²) < 4.78 is 33.2. The molecule has 0 atom stereocenters. The highest BCUT2D eigenvalue weighted by Gasteiger charge is 2.27. The fraction of sp³-hybridized carbons (Fsp3) is 0.276. The first-order valence-corrected chi connectivity index (χ1v) is 14.8. The Labute approximate surface area is 239 Å². The topological polar surface area (TPSA) is 117 Å². The summed E-state index contributed by atoms with van der Waals surface area (Å²) in [5, 5.41) is 7.40. The molecule has 1 fully saturated rings. The third-order valence-electron chi connectivity index (χ3n) is 6.36. The number of sulfonamides is 1. The van der Waals surface area contributed by atoms with Gasteiger partial charge in [0.15, 0.2) is 6.61 Å². The summed E-state index contributed by atoms with van der Waals surface area (Å²) in [6, 6.07) is 21.1. The average molecular weight is 583 g/mol. The van der Waals surface area contributed by atoms with Crippen LogP contribution in [0.25, 0.3) is 0 Å². The minimum absolute atomic E-state index is 0.0510. The number of carbonyl (C=O) groups is 2. The lowest BCUT2D eigenvalue weighted by Gasteiger charge is -2.23. The number of amides is 2. The Bertz CT molecular complexity index is 1410. The average Bonchev–Trinajstić information content (AvgIpc) is 2.97. The molecule has 2 amide bonds. The van der Waals surface area contributed by atoms with Gasteiger partial charge in [0.25, 0.3) is 21.8 Å². The SMILES string of the molecule is O=C(CN(c1ccc(Cl)cc1)S(=O)(=O)c1ccccc1)N/N=C\c1ccc(OCC(=O)NC2CCCCC2)cc1. The highest BCUT2D eigenvalue weighted by molar-refractivity contribution is 7.92. The van der Waals surface area contributed by atoms with Gasteiger partial charge < -0.3 is 10.1 Å². The number of hydrazone groups is 1. The van der Waals surface area contributed by atoms with Gasteiger partial charge in [0.2, 0.25) is 0 Å². The summed E-state index contributed by atoms with van der Waals surface area (Å²) in [4.78, 5) is 24.9. The van der Waals surface area contributed by atoms with Gasteiger partial charge in [0.1, 0.15) is 12.3 Å². The molecule has 0 unspecified atom stereocenters. The number of benzene rings is 3. The van der Waals surface area contributed by atoms with Crippen LogP contribution in [-0.4, -0.2) is 45.6 Å².